The van der Waals surface area contributed by atoms with Crippen molar-refractivity contribution < 1.29 is 8.81 Å². The number of halogens is 2. The van der Waals surface area contributed by atoms with Crippen molar-refractivity contribution in [1.29, 1.82) is 0 Å². The van der Waals surface area contributed by atoms with Gasteiger partial charge in [0.15, 0.2) is 0 Å². The predicted molar refractivity (Wildman–Crippen MR) is 69.6 cm³/mol. The molecule has 0 radical (unpaired) electrons. The molecule has 0 aliphatic carbocycles. The Kier molecular flexibility index (Phi) is 3.84. The highest BCUT2D eigenvalue weighted by Crippen LogP contribution is 2.20. The first-order valence-electron chi connectivity index (χ1n) is 5.39. The third-order valence-corrected chi connectivity index (χ3v) is 3.06. The van der Waals surface area contributed by atoms with Crippen LogP contribution in [-0.4, -0.2) is 6.04 Å². The van der Waals surface area contributed by atoms with Crippen molar-refractivity contribution in [2.24, 2.45) is 0 Å². The van der Waals surface area contributed by atoms with Crippen molar-refractivity contribution in [1.82, 2.24) is 0 Å². The van der Waals surface area contributed by atoms with Crippen molar-refractivity contribution in [2.75, 3.05) is 5.32 Å². The third-order valence-electron chi connectivity index (χ3n) is 2.42. The van der Waals surface area contributed by atoms with Crippen LogP contribution in [0.2, 0.25) is 0 Å². The summed E-state index contributed by atoms with van der Waals surface area (Å²) in [4.78, 5) is 0. The fourth-order valence-corrected chi connectivity index (χ4v) is 1.90. The molecule has 1 atom stereocenters. The van der Waals surface area contributed by atoms with Crippen LogP contribution in [0.5, 0.6) is 0 Å². The maximum Gasteiger partial charge on any atom is 0.139 e. The minimum atomic E-state index is -0.264. The molecule has 0 bridgehead atoms. The summed E-state index contributed by atoms with van der Waals surface area (Å²) in [6.45, 7) is 2.03. The molecule has 1 N–H and O–H groups in total. The topological polar surface area (TPSA) is 25.2 Å². The lowest BCUT2D eigenvalue weighted by molar-refractivity contribution is 0.497. The highest BCUT2D eigenvalue weighted by Gasteiger charge is 2.07. The third kappa shape index (κ3) is 3.33. The summed E-state index contributed by atoms with van der Waals surface area (Å²) < 4.78 is 19.0. The van der Waals surface area contributed by atoms with Gasteiger partial charge in [0.1, 0.15) is 11.6 Å². The number of rotatable bonds is 4. The number of hydrogen-bond acceptors (Lipinski definition) is 2. The van der Waals surface area contributed by atoms with Crippen LogP contribution in [0.3, 0.4) is 0 Å². The Balaban J connectivity index is 1.98. The van der Waals surface area contributed by atoms with E-state index in [4.69, 9.17) is 4.42 Å². The van der Waals surface area contributed by atoms with Gasteiger partial charge in [-0.1, -0.05) is 0 Å². The summed E-state index contributed by atoms with van der Waals surface area (Å²) >= 11 is 3.13. The molecule has 2 rings (SSSR count). The highest BCUT2D eigenvalue weighted by molar-refractivity contribution is 9.10. The van der Waals surface area contributed by atoms with Crippen molar-refractivity contribution >= 4 is 21.6 Å². The summed E-state index contributed by atoms with van der Waals surface area (Å²) in [7, 11) is 0. The van der Waals surface area contributed by atoms with Gasteiger partial charge in [-0.15, -0.1) is 0 Å². The van der Waals surface area contributed by atoms with Crippen molar-refractivity contribution in [3.8, 4) is 0 Å². The number of nitrogens with one attached hydrogen (secondary N) is 1. The first kappa shape index (κ1) is 12.2. The minimum absolute atomic E-state index is 0.182. The molecule has 1 unspecified atom stereocenters. The van der Waals surface area contributed by atoms with Crippen molar-refractivity contribution in [3.05, 3.63) is 52.6 Å². The fraction of sp³-hybridized carbons (Fsp3) is 0.231. The van der Waals surface area contributed by atoms with E-state index in [9.17, 15) is 4.39 Å². The zero-order chi connectivity index (χ0) is 12.3. The van der Waals surface area contributed by atoms with E-state index in [1.54, 1.807) is 12.3 Å². The van der Waals surface area contributed by atoms with Crippen LogP contribution in [0.1, 0.15) is 12.7 Å². The second-order valence-corrected chi connectivity index (χ2v) is 4.81. The van der Waals surface area contributed by atoms with Gasteiger partial charge in [0.2, 0.25) is 0 Å². The van der Waals surface area contributed by atoms with Gasteiger partial charge in [0.05, 0.1) is 10.7 Å². The Hall–Kier alpha value is -1.29. The van der Waals surface area contributed by atoms with E-state index in [0.29, 0.717) is 4.47 Å². The molecule has 17 heavy (non-hydrogen) atoms. The predicted octanol–water partition coefficient (Wildman–Crippen LogP) is 4.22. The molecule has 0 spiro atoms. The van der Waals surface area contributed by atoms with Crippen LogP contribution >= 0.6 is 15.9 Å². The molecular formula is C13H13BrFNO. The number of hydrogen-bond donors (Lipinski definition) is 1. The van der Waals surface area contributed by atoms with Crippen LogP contribution in [0.15, 0.2) is 45.5 Å². The smallest absolute Gasteiger partial charge is 0.139 e. The largest absolute Gasteiger partial charge is 0.469 e. The fourth-order valence-electron chi connectivity index (χ4n) is 1.65. The number of benzene rings is 1. The van der Waals surface area contributed by atoms with Crippen LogP contribution in [-0.2, 0) is 6.42 Å². The molecule has 2 nitrogen and oxygen atoms in total. The highest BCUT2D eigenvalue weighted by atomic mass is 79.9. The second-order valence-electron chi connectivity index (χ2n) is 3.96. The van der Waals surface area contributed by atoms with Crippen LogP contribution in [0, 0.1) is 5.82 Å². The van der Waals surface area contributed by atoms with E-state index in [2.05, 4.69) is 21.2 Å². The molecule has 1 heterocycles. The Morgan fingerprint density at radius 3 is 2.88 bits per heavy atom. The van der Waals surface area contributed by atoms with Crippen molar-refractivity contribution in [2.45, 2.75) is 19.4 Å². The quantitative estimate of drug-likeness (QED) is 0.914. The lowest BCUT2D eigenvalue weighted by Crippen LogP contribution is -2.17. The first-order valence-corrected chi connectivity index (χ1v) is 6.18. The average molecular weight is 298 g/mol. The SMILES string of the molecule is CC(Cc1ccco1)Nc1ccc(Br)c(F)c1. The molecule has 2 aromatic rings. The summed E-state index contributed by atoms with van der Waals surface area (Å²) in [5, 5.41) is 3.23. The lowest BCUT2D eigenvalue weighted by atomic mass is 10.2. The number of anilines is 1. The summed E-state index contributed by atoms with van der Waals surface area (Å²) in [5.41, 5.74) is 0.768. The van der Waals surface area contributed by atoms with Gasteiger partial charge in [0, 0.05) is 18.2 Å². The van der Waals surface area contributed by atoms with E-state index < -0.39 is 0 Å². The molecule has 1 aromatic heterocycles. The van der Waals surface area contributed by atoms with E-state index in [1.807, 2.05) is 25.1 Å². The maximum atomic E-state index is 13.3. The minimum Gasteiger partial charge on any atom is -0.469 e. The van der Waals surface area contributed by atoms with Crippen LogP contribution < -0.4 is 5.32 Å². The monoisotopic (exact) mass is 297 g/mol. The molecule has 1 aromatic carbocycles. The molecule has 0 fully saturated rings. The summed E-state index contributed by atoms with van der Waals surface area (Å²) in [6.07, 6.45) is 2.42. The maximum absolute atomic E-state index is 13.3. The van der Waals surface area contributed by atoms with Crippen molar-refractivity contribution in [3.63, 3.8) is 0 Å². The van der Waals surface area contributed by atoms with E-state index >= 15 is 0 Å². The lowest BCUT2D eigenvalue weighted by Gasteiger charge is -2.14. The molecule has 90 valence electrons. The number of furan rings is 1. The molecular weight excluding hydrogens is 285 g/mol. The van der Waals surface area contributed by atoms with Gasteiger partial charge >= 0.3 is 0 Å². The average Bonchev–Trinajstić information content (AvgIpc) is 2.76. The molecule has 0 saturated heterocycles. The van der Waals surface area contributed by atoms with Gasteiger partial charge < -0.3 is 9.73 Å². The first-order chi connectivity index (χ1) is 8.15. The van der Waals surface area contributed by atoms with Gasteiger partial charge in [-0.2, -0.15) is 0 Å². The van der Waals surface area contributed by atoms with E-state index in [0.717, 1.165) is 17.9 Å². The standard InChI is InChI=1S/C13H13BrFNO/c1-9(7-11-3-2-6-17-11)16-10-4-5-12(14)13(15)8-10/h2-6,8-9,16H,7H2,1H3. The van der Waals surface area contributed by atoms with Gasteiger partial charge in [-0.3, -0.25) is 0 Å². The zero-order valence-corrected chi connectivity index (χ0v) is 11.0. The molecule has 0 aliphatic heterocycles. The summed E-state index contributed by atoms with van der Waals surface area (Å²) in [5.74, 6) is 0.655. The Bertz CT molecular complexity index is 484. The van der Waals surface area contributed by atoms with Gasteiger partial charge in [-0.25, -0.2) is 4.39 Å². The van der Waals surface area contributed by atoms with Gasteiger partial charge in [-0.05, 0) is 53.2 Å². The molecule has 4 heteroatoms. The van der Waals surface area contributed by atoms with E-state index in [1.165, 1.54) is 6.07 Å². The normalized spacial score (nSPS) is 12.4. The zero-order valence-electron chi connectivity index (χ0n) is 9.41. The molecule has 0 amide bonds. The van der Waals surface area contributed by atoms with Crippen LogP contribution in [0.25, 0.3) is 0 Å². The molecule has 0 aliphatic rings. The second kappa shape index (κ2) is 5.36. The van der Waals surface area contributed by atoms with Gasteiger partial charge in [0.25, 0.3) is 0 Å². The molecule has 0 saturated carbocycles. The Labute approximate surface area is 108 Å². The summed E-state index contributed by atoms with van der Waals surface area (Å²) in [6, 6.07) is 8.98. The van der Waals surface area contributed by atoms with Crippen LogP contribution in [0.4, 0.5) is 10.1 Å². The van der Waals surface area contributed by atoms with E-state index in [-0.39, 0.29) is 11.9 Å². The Morgan fingerprint density at radius 2 is 2.24 bits per heavy atom. The Morgan fingerprint density at radius 1 is 1.41 bits per heavy atom.